The van der Waals surface area contributed by atoms with Gasteiger partial charge in [-0.1, -0.05) is 19.9 Å². The molecule has 0 fully saturated rings. The third kappa shape index (κ3) is 3.99. The van der Waals surface area contributed by atoms with Gasteiger partial charge in [-0.15, -0.1) is 5.10 Å². The quantitative estimate of drug-likeness (QED) is 0.910. The van der Waals surface area contributed by atoms with E-state index in [9.17, 15) is 4.39 Å². The second-order valence-corrected chi connectivity index (χ2v) is 4.91. The lowest BCUT2D eigenvalue weighted by Crippen LogP contribution is -2.22. The van der Waals surface area contributed by atoms with Crippen molar-refractivity contribution in [1.29, 1.82) is 0 Å². The standard InChI is InChI=1S/C15H18FN3O/c1-10(2)17-9-13-6-7-15(19-18-13)20-14-8-12(16)5-4-11(14)3/h4-8,10,17H,9H2,1-3H3. The Morgan fingerprint density at radius 3 is 2.65 bits per heavy atom. The predicted molar refractivity (Wildman–Crippen MR) is 75.2 cm³/mol. The summed E-state index contributed by atoms with van der Waals surface area (Å²) in [7, 11) is 0. The maximum absolute atomic E-state index is 13.2. The molecule has 0 atom stereocenters. The molecule has 0 aliphatic carbocycles. The highest BCUT2D eigenvalue weighted by Gasteiger charge is 2.05. The minimum absolute atomic E-state index is 0.337. The van der Waals surface area contributed by atoms with E-state index < -0.39 is 0 Å². The molecule has 0 saturated carbocycles. The molecule has 0 aliphatic heterocycles. The lowest BCUT2D eigenvalue weighted by molar-refractivity contribution is 0.445. The zero-order valence-electron chi connectivity index (χ0n) is 11.9. The third-order valence-electron chi connectivity index (χ3n) is 2.75. The predicted octanol–water partition coefficient (Wildman–Crippen LogP) is 3.21. The highest BCUT2D eigenvalue weighted by Crippen LogP contribution is 2.23. The van der Waals surface area contributed by atoms with Crippen LogP contribution in [0.5, 0.6) is 11.6 Å². The van der Waals surface area contributed by atoms with E-state index >= 15 is 0 Å². The number of hydrogen-bond acceptors (Lipinski definition) is 4. The Labute approximate surface area is 118 Å². The number of ether oxygens (including phenoxy) is 1. The first-order valence-electron chi connectivity index (χ1n) is 6.54. The number of hydrogen-bond donors (Lipinski definition) is 1. The Kier molecular flexibility index (Phi) is 4.63. The second kappa shape index (κ2) is 6.43. The van der Waals surface area contributed by atoms with Crippen LogP contribution in [0.2, 0.25) is 0 Å². The van der Waals surface area contributed by atoms with Crippen molar-refractivity contribution in [3.63, 3.8) is 0 Å². The molecule has 0 amide bonds. The highest BCUT2D eigenvalue weighted by molar-refractivity contribution is 5.35. The Morgan fingerprint density at radius 2 is 2.00 bits per heavy atom. The van der Waals surface area contributed by atoms with Crippen molar-refractivity contribution < 1.29 is 9.13 Å². The van der Waals surface area contributed by atoms with Crippen LogP contribution in [-0.2, 0) is 6.54 Å². The molecule has 0 bridgehead atoms. The van der Waals surface area contributed by atoms with Crippen LogP contribution in [0.15, 0.2) is 30.3 Å². The van der Waals surface area contributed by atoms with Gasteiger partial charge in [-0.25, -0.2) is 4.39 Å². The molecule has 1 aromatic heterocycles. The van der Waals surface area contributed by atoms with Crippen LogP contribution in [0.25, 0.3) is 0 Å². The SMILES string of the molecule is Cc1ccc(F)cc1Oc1ccc(CNC(C)C)nn1. The van der Waals surface area contributed by atoms with Gasteiger partial charge >= 0.3 is 0 Å². The fraction of sp³-hybridized carbons (Fsp3) is 0.333. The van der Waals surface area contributed by atoms with E-state index in [0.29, 0.717) is 24.2 Å². The smallest absolute Gasteiger partial charge is 0.238 e. The van der Waals surface area contributed by atoms with E-state index in [2.05, 4.69) is 29.4 Å². The first-order valence-corrected chi connectivity index (χ1v) is 6.54. The van der Waals surface area contributed by atoms with Crippen molar-refractivity contribution in [2.45, 2.75) is 33.4 Å². The van der Waals surface area contributed by atoms with Crippen LogP contribution in [0, 0.1) is 12.7 Å². The van der Waals surface area contributed by atoms with Gasteiger partial charge in [-0.2, -0.15) is 5.10 Å². The van der Waals surface area contributed by atoms with Gasteiger partial charge in [0.2, 0.25) is 5.88 Å². The van der Waals surface area contributed by atoms with Crippen molar-refractivity contribution in [1.82, 2.24) is 15.5 Å². The summed E-state index contributed by atoms with van der Waals surface area (Å²) in [5.74, 6) is 0.468. The van der Waals surface area contributed by atoms with Gasteiger partial charge in [0.25, 0.3) is 0 Å². The molecule has 4 nitrogen and oxygen atoms in total. The van der Waals surface area contributed by atoms with E-state index in [4.69, 9.17) is 4.74 Å². The minimum atomic E-state index is -0.337. The Bertz CT molecular complexity index is 570. The van der Waals surface area contributed by atoms with Crippen LogP contribution in [0.4, 0.5) is 4.39 Å². The molecule has 0 unspecified atom stereocenters. The molecule has 2 aromatic rings. The summed E-state index contributed by atoms with van der Waals surface area (Å²) in [6.45, 7) is 6.64. The minimum Gasteiger partial charge on any atom is -0.437 e. The summed E-state index contributed by atoms with van der Waals surface area (Å²) in [5, 5.41) is 11.3. The molecule has 5 heteroatoms. The second-order valence-electron chi connectivity index (χ2n) is 4.91. The van der Waals surface area contributed by atoms with Gasteiger partial charge in [0, 0.05) is 24.7 Å². The molecular weight excluding hydrogens is 257 g/mol. The molecule has 2 rings (SSSR count). The van der Waals surface area contributed by atoms with Gasteiger partial charge in [0.05, 0.1) is 5.69 Å². The largest absolute Gasteiger partial charge is 0.437 e. The molecule has 0 aliphatic rings. The van der Waals surface area contributed by atoms with Gasteiger partial charge < -0.3 is 10.1 Å². The van der Waals surface area contributed by atoms with E-state index in [1.807, 2.05) is 13.0 Å². The molecule has 0 spiro atoms. The summed E-state index contributed by atoms with van der Waals surface area (Å²) in [4.78, 5) is 0. The van der Waals surface area contributed by atoms with Gasteiger partial charge in [0.15, 0.2) is 0 Å². The number of halogens is 1. The summed E-state index contributed by atoms with van der Waals surface area (Å²) >= 11 is 0. The van der Waals surface area contributed by atoms with Crippen LogP contribution in [-0.4, -0.2) is 16.2 Å². The number of aromatic nitrogens is 2. The van der Waals surface area contributed by atoms with Crippen LogP contribution in [0.3, 0.4) is 0 Å². The number of nitrogens with zero attached hydrogens (tertiary/aromatic N) is 2. The summed E-state index contributed by atoms with van der Waals surface area (Å²) in [6, 6.07) is 8.36. The lowest BCUT2D eigenvalue weighted by Gasteiger charge is -2.09. The van der Waals surface area contributed by atoms with Crippen molar-refractivity contribution in [2.75, 3.05) is 0 Å². The highest BCUT2D eigenvalue weighted by atomic mass is 19.1. The van der Waals surface area contributed by atoms with Crippen molar-refractivity contribution in [3.8, 4) is 11.6 Å². The maximum atomic E-state index is 13.2. The third-order valence-corrected chi connectivity index (χ3v) is 2.75. The van der Waals surface area contributed by atoms with E-state index in [1.165, 1.54) is 12.1 Å². The van der Waals surface area contributed by atoms with Crippen molar-refractivity contribution >= 4 is 0 Å². The maximum Gasteiger partial charge on any atom is 0.238 e. The summed E-state index contributed by atoms with van der Waals surface area (Å²) < 4.78 is 18.7. The summed E-state index contributed by atoms with van der Waals surface area (Å²) in [5.41, 5.74) is 1.68. The summed E-state index contributed by atoms with van der Waals surface area (Å²) in [6.07, 6.45) is 0. The fourth-order valence-corrected chi connectivity index (χ4v) is 1.60. The molecular formula is C15H18FN3O. The van der Waals surface area contributed by atoms with Crippen LogP contribution in [0.1, 0.15) is 25.1 Å². The van der Waals surface area contributed by atoms with Gasteiger partial charge in [-0.05, 0) is 24.6 Å². The topological polar surface area (TPSA) is 47.0 Å². The molecule has 0 radical (unpaired) electrons. The van der Waals surface area contributed by atoms with Crippen molar-refractivity contribution in [3.05, 3.63) is 47.4 Å². The lowest BCUT2D eigenvalue weighted by atomic mass is 10.2. The Balaban J connectivity index is 2.05. The number of rotatable bonds is 5. The number of benzene rings is 1. The van der Waals surface area contributed by atoms with E-state index in [1.54, 1.807) is 12.1 Å². The molecule has 1 aromatic carbocycles. The molecule has 20 heavy (non-hydrogen) atoms. The Hall–Kier alpha value is -2.01. The number of nitrogens with one attached hydrogen (secondary N) is 1. The average Bonchev–Trinajstić information content (AvgIpc) is 2.42. The Morgan fingerprint density at radius 1 is 1.20 bits per heavy atom. The zero-order chi connectivity index (χ0) is 14.5. The molecule has 1 heterocycles. The van der Waals surface area contributed by atoms with Crippen LogP contribution >= 0.6 is 0 Å². The first-order chi connectivity index (χ1) is 9.54. The van der Waals surface area contributed by atoms with Crippen molar-refractivity contribution in [2.24, 2.45) is 0 Å². The van der Waals surface area contributed by atoms with E-state index in [0.717, 1.165) is 11.3 Å². The normalized spacial score (nSPS) is 10.8. The van der Waals surface area contributed by atoms with E-state index in [-0.39, 0.29) is 5.82 Å². The fourth-order valence-electron chi connectivity index (χ4n) is 1.60. The first kappa shape index (κ1) is 14.4. The van der Waals surface area contributed by atoms with Gasteiger partial charge in [-0.3, -0.25) is 0 Å². The zero-order valence-corrected chi connectivity index (χ0v) is 11.9. The molecule has 106 valence electrons. The molecule has 1 N–H and O–H groups in total. The number of aryl methyl sites for hydroxylation is 1. The molecule has 0 saturated heterocycles. The van der Waals surface area contributed by atoms with Crippen LogP contribution < -0.4 is 10.1 Å². The monoisotopic (exact) mass is 275 g/mol. The van der Waals surface area contributed by atoms with Gasteiger partial charge in [0.1, 0.15) is 11.6 Å². The average molecular weight is 275 g/mol.